The fourth-order valence-corrected chi connectivity index (χ4v) is 3.27. The number of rotatable bonds is 2. The lowest BCUT2D eigenvalue weighted by Gasteiger charge is -2.38. The van der Waals surface area contributed by atoms with E-state index in [9.17, 15) is 4.79 Å². The zero-order valence-electron chi connectivity index (χ0n) is 11.7. The average Bonchev–Trinajstić information content (AvgIpc) is 2.26. The molecule has 1 aliphatic carbocycles. The Morgan fingerprint density at radius 3 is 2.59 bits per heavy atom. The topological polar surface area (TPSA) is 20.3 Å². The normalized spacial score (nSPS) is 31.7. The molecule has 2 heteroatoms. The van der Waals surface area contributed by atoms with Crippen molar-refractivity contribution in [3.8, 4) is 0 Å². The fourth-order valence-electron chi connectivity index (χ4n) is 3.27. The lowest BCUT2D eigenvalue weighted by atomic mass is 9.71. The van der Waals surface area contributed by atoms with Gasteiger partial charge in [-0.3, -0.25) is 4.79 Å². The van der Waals surface area contributed by atoms with Gasteiger partial charge in [-0.2, -0.15) is 0 Å². The van der Waals surface area contributed by atoms with Crippen molar-refractivity contribution >= 4 is 5.78 Å². The molecule has 1 heterocycles. The van der Waals surface area contributed by atoms with Crippen LogP contribution in [0.5, 0.6) is 0 Å². The van der Waals surface area contributed by atoms with Gasteiger partial charge < -0.3 is 4.90 Å². The van der Waals surface area contributed by atoms with Crippen LogP contribution in [0.4, 0.5) is 0 Å². The summed E-state index contributed by atoms with van der Waals surface area (Å²) in [6, 6.07) is 0. The predicted molar refractivity (Wildman–Crippen MR) is 71.0 cm³/mol. The molecule has 2 rings (SSSR count). The summed E-state index contributed by atoms with van der Waals surface area (Å²) >= 11 is 0. The molecule has 2 fully saturated rings. The molecule has 1 aliphatic heterocycles. The number of hydrogen-bond acceptors (Lipinski definition) is 2. The molecule has 0 bridgehead atoms. The molecule has 2 aliphatic rings. The van der Waals surface area contributed by atoms with Crippen molar-refractivity contribution in [3.63, 3.8) is 0 Å². The van der Waals surface area contributed by atoms with Crippen molar-refractivity contribution in [3.05, 3.63) is 0 Å². The minimum atomic E-state index is 0.312. The number of Topliss-reactive ketones (excluding diaryl/α,β-unsaturated/α-hetero) is 1. The van der Waals surface area contributed by atoms with E-state index in [4.69, 9.17) is 0 Å². The molecule has 1 unspecified atom stereocenters. The molecule has 1 atom stereocenters. The van der Waals surface area contributed by atoms with E-state index in [2.05, 4.69) is 25.7 Å². The summed E-state index contributed by atoms with van der Waals surface area (Å²) in [5.41, 5.74) is 0.377. The highest BCUT2D eigenvalue weighted by Gasteiger charge is 2.34. The average molecular weight is 237 g/mol. The first-order valence-electron chi connectivity index (χ1n) is 7.21. The lowest BCUT2D eigenvalue weighted by Crippen LogP contribution is -2.42. The zero-order valence-corrected chi connectivity index (χ0v) is 11.7. The van der Waals surface area contributed by atoms with E-state index < -0.39 is 0 Å². The minimum Gasteiger partial charge on any atom is -0.303 e. The van der Waals surface area contributed by atoms with Crippen LogP contribution in [0.25, 0.3) is 0 Å². The Morgan fingerprint density at radius 1 is 1.29 bits per heavy atom. The maximum Gasteiger partial charge on any atom is 0.137 e. The minimum absolute atomic E-state index is 0.312. The van der Waals surface area contributed by atoms with E-state index in [-0.39, 0.29) is 0 Å². The van der Waals surface area contributed by atoms with Crippen LogP contribution >= 0.6 is 0 Å². The second kappa shape index (κ2) is 5.09. The number of piperidine rings is 1. The van der Waals surface area contributed by atoms with Crippen LogP contribution in [0.1, 0.15) is 52.9 Å². The molecular weight excluding hydrogens is 210 g/mol. The van der Waals surface area contributed by atoms with Crippen molar-refractivity contribution in [1.29, 1.82) is 0 Å². The van der Waals surface area contributed by atoms with Gasteiger partial charge in [0.05, 0.1) is 0 Å². The molecule has 0 aromatic rings. The first-order valence-corrected chi connectivity index (χ1v) is 7.21. The number of hydrogen-bond donors (Lipinski definition) is 0. The Labute approximate surface area is 106 Å². The highest BCUT2D eigenvalue weighted by molar-refractivity contribution is 5.82. The van der Waals surface area contributed by atoms with Gasteiger partial charge in [0.15, 0.2) is 0 Å². The van der Waals surface area contributed by atoms with Gasteiger partial charge in [0.25, 0.3) is 0 Å². The Kier molecular flexibility index (Phi) is 3.92. The summed E-state index contributed by atoms with van der Waals surface area (Å²) in [6.45, 7) is 10.4. The first-order chi connectivity index (χ1) is 7.96. The molecule has 0 spiro atoms. The van der Waals surface area contributed by atoms with Crippen molar-refractivity contribution in [2.45, 2.75) is 52.9 Å². The molecule has 0 N–H and O–H groups in total. The van der Waals surface area contributed by atoms with E-state index in [1.807, 2.05) is 0 Å². The Bertz CT molecular complexity index is 277. The third-order valence-electron chi connectivity index (χ3n) is 4.66. The summed E-state index contributed by atoms with van der Waals surface area (Å²) in [4.78, 5) is 14.5. The van der Waals surface area contributed by atoms with Crippen LogP contribution in [-0.2, 0) is 4.79 Å². The van der Waals surface area contributed by atoms with Gasteiger partial charge in [-0.25, -0.2) is 0 Å². The van der Waals surface area contributed by atoms with Gasteiger partial charge in [0.1, 0.15) is 5.78 Å². The largest absolute Gasteiger partial charge is 0.303 e. The summed E-state index contributed by atoms with van der Waals surface area (Å²) in [5.74, 6) is 1.71. The van der Waals surface area contributed by atoms with Gasteiger partial charge in [-0.15, -0.1) is 0 Å². The van der Waals surface area contributed by atoms with Crippen molar-refractivity contribution in [1.82, 2.24) is 4.90 Å². The summed E-state index contributed by atoms with van der Waals surface area (Å²) in [5, 5.41) is 0. The molecule has 0 aromatic carbocycles. The van der Waals surface area contributed by atoms with Crippen LogP contribution in [0.3, 0.4) is 0 Å². The molecular formula is C15H27NO. The van der Waals surface area contributed by atoms with E-state index in [1.165, 1.54) is 25.9 Å². The predicted octanol–water partition coefficient (Wildman–Crippen LogP) is 3.11. The summed E-state index contributed by atoms with van der Waals surface area (Å²) < 4.78 is 0. The lowest BCUT2D eigenvalue weighted by molar-refractivity contribution is -0.127. The highest BCUT2D eigenvalue weighted by atomic mass is 16.1. The van der Waals surface area contributed by atoms with E-state index in [1.54, 1.807) is 0 Å². The summed E-state index contributed by atoms with van der Waals surface area (Å²) in [7, 11) is 0. The Morgan fingerprint density at radius 2 is 1.94 bits per heavy atom. The maximum atomic E-state index is 12.0. The molecule has 2 nitrogen and oxygen atoms in total. The third-order valence-corrected chi connectivity index (χ3v) is 4.66. The van der Waals surface area contributed by atoms with Crippen LogP contribution < -0.4 is 0 Å². The van der Waals surface area contributed by atoms with E-state index in [0.29, 0.717) is 17.1 Å². The maximum absolute atomic E-state index is 12.0. The van der Waals surface area contributed by atoms with Gasteiger partial charge in [0.2, 0.25) is 0 Å². The quantitative estimate of drug-likeness (QED) is 0.735. The highest BCUT2D eigenvalue weighted by Crippen LogP contribution is 2.37. The number of nitrogens with zero attached hydrogens (tertiary/aromatic N) is 1. The molecule has 98 valence electrons. The molecule has 17 heavy (non-hydrogen) atoms. The van der Waals surface area contributed by atoms with Crippen molar-refractivity contribution in [2.24, 2.45) is 17.3 Å². The molecule has 1 saturated carbocycles. The second-order valence-electron chi connectivity index (χ2n) is 7.01. The van der Waals surface area contributed by atoms with Gasteiger partial charge in [-0.1, -0.05) is 20.8 Å². The van der Waals surface area contributed by atoms with Crippen LogP contribution in [0.2, 0.25) is 0 Å². The van der Waals surface area contributed by atoms with Crippen LogP contribution in [0, 0.1) is 17.3 Å². The first kappa shape index (κ1) is 13.1. The van der Waals surface area contributed by atoms with Crippen LogP contribution in [-0.4, -0.2) is 30.3 Å². The monoisotopic (exact) mass is 237 g/mol. The van der Waals surface area contributed by atoms with Gasteiger partial charge >= 0.3 is 0 Å². The van der Waals surface area contributed by atoms with Crippen molar-refractivity contribution < 1.29 is 4.79 Å². The summed E-state index contributed by atoms with van der Waals surface area (Å²) in [6.07, 6.45) is 5.60. The SMILES string of the molecule is CC1CCN(CC2CC(C)(C)CCC2=O)CC1. The molecule has 1 saturated heterocycles. The number of carbonyl (C=O) groups is 1. The fraction of sp³-hybridized carbons (Fsp3) is 0.933. The van der Waals surface area contributed by atoms with Crippen LogP contribution in [0.15, 0.2) is 0 Å². The zero-order chi connectivity index (χ0) is 12.5. The smallest absolute Gasteiger partial charge is 0.137 e. The van der Waals surface area contributed by atoms with E-state index >= 15 is 0 Å². The van der Waals surface area contributed by atoms with Crippen molar-refractivity contribution in [2.75, 3.05) is 19.6 Å². The third kappa shape index (κ3) is 3.54. The van der Waals surface area contributed by atoms with E-state index in [0.717, 1.165) is 31.7 Å². The molecule has 0 aromatic heterocycles. The van der Waals surface area contributed by atoms with Gasteiger partial charge in [0, 0.05) is 18.9 Å². The number of likely N-dealkylation sites (tertiary alicyclic amines) is 1. The number of ketones is 1. The molecule has 0 amide bonds. The second-order valence-corrected chi connectivity index (χ2v) is 7.01. The Balaban J connectivity index is 1.86. The number of carbonyl (C=O) groups excluding carboxylic acids is 1. The Hall–Kier alpha value is -0.370. The molecule has 0 radical (unpaired) electrons. The standard InChI is InChI=1S/C15H27NO/c1-12-5-8-16(9-6-12)11-13-10-15(2,3)7-4-14(13)17/h12-13H,4-11H2,1-3H3. The van der Waals surface area contributed by atoms with Gasteiger partial charge in [-0.05, 0) is 50.1 Å².